The third-order valence-corrected chi connectivity index (χ3v) is 7.15. The number of nitrogens with one attached hydrogen (secondary N) is 1. The minimum Gasteiger partial charge on any atom is -0.497 e. The Bertz CT molecular complexity index is 1170. The van der Waals surface area contributed by atoms with E-state index in [1.54, 1.807) is 31.4 Å². The summed E-state index contributed by atoms with van der Waals surface area (Å²) in [5, 5.41) is 3.18. The summed E-state index contributed by atoms with van der Waals surface area (Å²) in [6, 6.07) is 10.9. The van der Waals surface area contributed by atoms with Crippen LogP contribution in [0.15, 0.2) is 42.5 Å². The Hall–Kier alpha value is -2.98. The van der Waals surface area contributed by atoms with Gasteiger partial charge in [-0.1, -0.05) is 44.0 Å². The summed E-state index contributed by atoms with van der Waals surface area (Å²) in [5.41, 5.74) is 0.867. The van der Waals surface area contributed by atoms with Crippen molar-refractivity contribution < 1.29 is 27.5 Å². The molecule has 9 nitrogen and oxygen atoms in total. The SMILES string of the molecule is CCCCNC(=O)[C@H](CC)N(Cc1cccc(OC)c1)C(=O)CN(c1cc(Cl)ccc1OC)S(C)(=O)=O. The second-order valence-electron chi connectivity index (χ2n) is 8.53. The van der Waals surface area contributed by atoms with Gasteiger partial charge in [0.25, 0.3) is 0 Å². The molecule has 0 bridgehead atoms. The molecule has 0 saturated carbocycles. The summed E-state index contributed by atoms with van der Waals surface area (Å²) < 4.78 is 37.2. The number of carbonyl (C=O) groups excluding carboxylic acids is 2. The molecule has 0 fully saturated rings. The van der Waals surface area contributed by atoms with E-state index in [2.05, 4.69) is 5.32 Å². The van der Waals surface area contributed by atoms with Crippen molar-refractivity contribution in [2.45, 2.75) is 45.7 Å². The molecule has 0 aliphatic rings. The zero-order chi connectivity index (χ0) is 27.6. The molecule has 2 rings (SSSR count). The standard InChI is InChI=1S/C26H36ClN3O6S/c1-6-8-14-28-26(32)22(7-2)29(17-19-10-9-11-21(15-19)35-3)25(31)18-30(37(5,33)34)23-16-20(27)12-13-24(23)36-4/h9-13,15-16,22H,6-8,14,17-18H2,1-5H3,(H,28,32)/t22-/m0/s1. The highest BCUT2D eigenvalue weighted by molar-refractivity contribution is 7.92. The number of halogens is 1. The molecule has 2 aromatic rings. The van der Waals surface area contributed by atoms with Gasteiger partial charge in [-0.05, 0) is 48.7 Å². The molecule has 11 heteroatoms. The van der Waals surface area contributed by atoms with Gasteiger partial charge in [0.1, 0.15) is 24.1 Å². The Balaban J connectivity index is 2.49. The molecular weight excluding hydrogens is 518 g/mol. The van der Waals surface area contributed by atoms with Crippen molar-refractivity contribution >= 4 is 39.1 Å². The van der Waals surface area contributed by atoms with Crippen molar-refractivity contribution in [2.75, 3.05) is 37.9 Å². The van der Waals surface area contributed by atoms with Gasteiger partial charge in [-0.25, -0.2) is 8.42 Å². The maximum absolute atomic E-state index is 13.8. The fourth-order valence-corrected chi connectivity index (χ4v) is 4.86. The summed E-state index contributed by atoms with van der Waals surface area (Å²) in [6.45, 7) is 3.86. The van der Waals surface area contributed by atoms with E-state index in [9.17, 15) is 18.0 Å². The highest BCUT2D eigenvalue weighted by Crippen LogP contribution is 2.33. The Morgan fingerprint density at radius 3 is 2.41 bits per heavy atom. The second-order valence-corrected chi connectivity index (χ2v) is 10.9. The first-order valence-electron chi connectivity index (χ1n) is 12.1. The van der Waals surface area contributed by atoms with Crippen LogP contribution in [0.25, 0.3) is 0 Å². The number of nitrogens with zero attached hydrogens (tertiary/aromatic N) is 2. The zero-order valence-corrected chi connectivity index (χ0v) is 23.6. The van der Waals surface area contributed by atoms with E-state index in [1.807, 2.05) is 19.9 Å². The monoisotopic (exact) mass is 553 g/mol. The molecule has 0 aliphatic carbocycles. The highest BCUT2D eigenvalue weighted by Gasteiger charge is 2.32. The second kappa shape index (κ2) is 14.1. The Morgan fingerprint density at radius 2 is 1.81 bits per heavy atom. The Morgan fingerprint density at radius 1 is 1.08 bits per heavy atom. The molecule has 2 aromatic carbocycles. The summed E-state index contributed by atoms with van der Waals surface area (Å²) in [7, 11) is -0.980. The van der Waals surface area contributed by atoms with Gasteiger partial charge in [0.2, 0.25) is 21.8 Å². The van der Waals surface area contributed by atoms with E-state index < -0.39 is 28.5 Å². The van der Waals surface area contributed by atoms with Crippen LogP contribution in [-0.2, 0) is 26.2 Å². The Labute approximate surface area is 224 Å². The molecule has 0 unspecified atom stereocenters. The average molecular weight is 554 g/mol. The number of rotatable bonds is 14. The first-order chi connectivity index (χ1) is 17.5. The third kappa shape index (κ3) is 8.53. The third-order valence-electron chi connectivity index (χ3n) is 5.79. The molecule has 0 radical (unpaired) electrons. The average Bonchev–Trinajstić information content (AvgIpc) is 2.86. The van der Waals surface area contributed by atoms with Gasteiger partial charge in [0, 0.05) is 18.1 Å². The number of benzene rings is 2. The van der Waals surface area contributed by atoms with Crippen LogP contribution in [0, 0.1) is 0 Å². The summed E-state index contributed by atoms with van der Waals surface area (Å²) in [5.74, 6) is 0.00398. The maximum Gasteiger partial charge on any atom is 0.244 e. The van der Waals surface area contributed by atoms with Crippen molar-refractivity contribution in [3.8, 4) is 11.5 Å². The molecule has 204 valence electrons. The lowest BCUT2D eigenvalue weighted by atomic mass is 10.1. The van der Waals surface area contributed by atoms with Gasteiger partial charge in [-0.15, -0.1) is 0 Å². The quantitative estimate of drug-likeness (QED) is 0.356. The molecule has 1 N–H and O–H groups in total. The first-order valence-corrected chi connectivity index (χ1v) is 14.3. The van der Waals surface area contributed by atoms with E-state index in [0.717, 1.165) is 29.0 Å². The van der Waals surface area contributed by atoms with Crippen LogP contribution < -0.4 is 19.1 Å². The normalized spacial score (nSPS) is 11.9. The predicted molar refractivity (Wildman–Crippen MR) is 146 cm³/mol. The van der Waals surface area contributed by atoms with E-state index in [-0.39, 0.29) is 28.9 Å². The fraction of sp³-hybridized carbons (Fsp3) is 0.462. The van der Waals surface area contributed by atoms with Gasteiger partial charge in [0.05, 0.1) is 26.2 Å². The smallest absolute Gasteiger partial charge is 0.244 e. The van der Waals surface area contributed by atoms with Gasteiger partial charge in [0.15, 0.2) is 0 Å². The van der Waals surface area contributed by atoms with Crippen LogP contribution in [0.4, 0.5) is 5.69 Å². The number of unbranched alkanes of at least 4 members (excludes halogenated alkanes) is 1. The van der Waals surface area contributed by atoms with Crippen LogP contribution in [0.3, 0.4) is 0 Å². The van der Waals surface area contributed by atoms with E-state index in [1.165, 1.54) is 24.1 Å². The minimum atomic E-state index is -3.92. The van der Waals surface area contributed by atoms with Crippen LogP contribution in [0.5, 0.6) is 11.5 Å². The number of amides is 2. The van der Waals surface area contributed by atoms with Crippen LogP contribution in [0.2, 0.25) is 5.02 Å². The maximum atomic E-state index is 13.8. The molecule has 0 aromatic heterocycles. The summed E-state index contributed by atoms with van der Waals surface area (Å²) in [6.07, 6.45) is 3.06. The molecule has 37 heavy (non-hydrogen) atoms. The molecular formula is C26H36ClN3O6S. The van der Waals surface area contributed by atoms with Crippen molar-refractivity contribution in [3.05, 3.63) is 53.1 Å². The fourth-order valence-electron chi connectivity index (χ4n) is 3.85. The molecule has 2 amide bonds. The number of sulfonamides is 1. The largest absolute Gasteiger partial charge is 0.497 e. The summed E-state index contributed by atoms with van der Waals surface area (Å²) >= 11 is 6.14. The van der Waals surface area contributed by atoms with Gasteiger partial charge >= 0.3 is 0 Å². The minimum absolute atomic E-state index is 0.0834. The molecule has 0 saturated heterocycles. The number of hydrogen-bond donors (Lipinski definition) is 1. The summed E-state index contributed by atoms with van der Waals surface area (Å²) in [4.78, 5) is 28.3. The molecule has 1 atom stereocenters. The lowest BCUT2D eigenvalue weighted by Crippen LogP contribution is -2.52. The number of ether oxygens (including phenoxy) is 2. The lowest BCUT2D eigenvalue weighted by Gasteiger charge is -2.33. The van der Waals surface area contributed by atoms with E-state index in [4.69, 9.17) is 21.1 Å². The molecule has 0 spiro atoms. The number of carbonyl (C=O) groups is 2. The molecule has 0 heterocycles. The molecule has 0 aliphatic heterocycles. The van der Waals surface area contributed by atoms with Gasteiger partial charge < -0.3 is 19.7 Å². The number of hydrogen-bond acceptors (Lipinski definition) is 6. The van der Waals surface area contributed by atoms with Crippen LogP contribution in [-0.4, -0.2) is 64.7 Å². The number of anilines is 1. The van der Waals surface area contributed by atoms with E-state index in [0.29, 0.717) is 18.7 Å². The van der Waals surface area contributed by atoms with Gasteiger partial charge in [-0.2, -0.15) is 0 Å². The van der Waals surface area contributed by atoms with Crippen molar-refractivity contribution in [1.29, 1.82) is 0 Å². The highest BCUT2D eigenvalue weighted by atomic mass is 35.5. The van der Waals surface area contributed by atoms with Crippen LogP contribution in [0.1, 0.15) is 38.7 Å². The zero-order valence-electron chi connectivity index (χ0n) is 22.0. The van der Waals surface area contributed by atoms with Crippen molar-refractivity contribution in [3.63, 3.8) is 0 Å². The van der Waals surface area contributed by atoms with Gasteiger partial charge in [-0.3, -0.25) is 13.9 Å². The predicted octanol–water partition coefficient (Wildman–Crippen LogP) is 3.85. The first kappa shape index (κ1) is 30.2. The Kier molecular flexibility index (Phi) is 11.5. The van der Waals surface area contributed by atoms with Crippen molar-refractivity contribution in [2.24, 2.45) is 0 Å². The number of methoxy groups -OCH3 is 2. The van der Waals surface area contributed by atoms with Crippen molar-refractivity contribution in [1.82, 2.24) is 10.2 Å². The van der Waals surface area contributed by atoms with Crippen LogP contribution >= 0.6 is 11.6 Å². The van der Waals surface area contributed by atoms with E-state index >= 15 is 0 Å². The lowest BCUT2D eigenvalue weighted by molar-refractivity contribution is -0.140. The topological polar surface area (TPSA) is 105 Å².